The Kier molecular flexibility index (Phi) is 10.3. The van der Waals surface area contributed by atoms with Gasteiger partial charge in [-0.25, -0.2) is 23.4 Å². The molecule has 2 aromatic heterocycles. The number of anilines is 1. The summed E-state index contributed by atoms with van der Waals surface area (Å²) in [4.78, 5) is 21.9. The first kappa shape index (κ1) is 31.0. The van der Waals surface area contributed by atoms with Gasteiger partial charge in [-0.05, 0) is 63.0 Å². The van der Waals surface area contributed by atoms with Gasteiger partial charge in [-0.1, -0.05) is 29.8 Å². The van der Waals surface area contributed by atoms with Crippen LogP contribution >= 0.6 is 11.6 Å². The zero-order chi connectivity index (χ0) is 29.5. The number of likely N-dealkylation sites (N-methyl/N-ethyl adjacent to an activating group) is 1. The van der Waals surface area contributed by atoms with E-state index in [1.54, 1.807) is 6.07 Å². The van der Waals surface area contributed by atoms with E-state index in [-0.39, 0.29) is 46.2 Å². The lowest BCUT2D eigenvalue weighted by atomic mass is 9.79. The van der Waals surface area contributed by atoms with E-state index in [9.17, 15) is 21.6 Å². The Morgan fingerprint density at radius 3 is 2.50 bits per heavy atom. The third-order valence-electron chi connectivity index (χ3n) is 6.28. The fourth-order valence-electron chi connectivity index (χ4n) is 4.40. The smallest absolute Gasteiger partial charge is 0.416 e. The molecule has 10 nitrogen and oxygen atoms in total. The van der Waals surface area contributed by atoms with Gasteiger partial charge in [-0.3, -0.25) is 9.52 Å². The molecule has 0 bridgehead atoms. The summed E-state index contributed by atoms with van der Waals surface area (Å²) in [5.41, 5.74) is -0.0213. The molecule has 4 rings (SSSR count). The van der Waals surface area contributed by atoms with E-state index < -0.39 is 21.8 Å². The molecule has 1 saturated carbocycles. The van der Waals surface area contributed by atoms with E-state index in [1.165, 1.54) is 36.8 Å². The number of benzene rings is 1. The molecule has 0 spiro atoms. The van der Waals surface area contributed by atoms with Gasteiger partial charge in [0.05, 0.1) is 11.8 Å². The molecule has 1 aliphatic rings. The van der Waals surface area contributed by atoms with Crippen molar-refractivity contribution >= 4 is 33.9 Å². The van der Waals surface area contributed by atoms with Crippen LogP contribution in [0.4, 0.5) is 19.0 Å². The fourth-order valence-corrected chi connectivity index (χ4v) is 5.66. The van der Waals surface area contributed by atoms with Crippen molar-refractivity contribution in [3.63, 3.8) is 0 Å². The molecule has 1 aromatic carbocycles. The van der Waals surface area contributed by atoms with Crippen LogP contribution in [-0.2, 0) is 21.0 Å². The van der Waals surface area contributed by atoms with Crippen LogP contribution in [0.15, 0.2) is 60.0 Å². The topological polar surface area (TPSA) is 135 Å². The van der Waals surface area contributed by atoms with E-state index >= 15 is 0 Å². The summed E-state index contributed by atoms with van der Waals surface area (Å²) in [5.74, 6) is 0.105. The molecule has 0 saturated heterocycles. The first-order valence-corrected chi connectivity index (χ1v) is 13.7. The first-order chi connectivity index (χ1) is 18.9. The molecule has 15 heteroatoms. The lowest BCUT2D eigenvalue weighted by molar-refractivity contribution is -0.137. The quantitative estimate of drug-likeness (QED) is 0.370. The average Bonchev–Trinajstić information content (AvgIpc) is 2.90. The summed E-state index contributed by atoms with van der Waals surface area (Å²) in [6.07, 6.45) is 0.752. The largest absolute Gasteiger partial charge is 0.483 e. The van der Waals surface area contributed by atoms with E-state index in [0.717, 1.165) is 12.3 Å². The van der Waals surface area contributed by atoms with Crippen LogP contribution in [0.2, 0.25) is 5.02 Å². The van der Waals surface area contributed by atoms with Crippen LogP contribution in [0.25, 0.3) is 0 Å². The average molecular weight is 602 g/mol. The molecule has 40 heavy (non-hydrogen) atoms. The molecule has 3 aromatic rings. The van der Waals surface area contributed by atoms with E-state index in [4.69, 9.17) is 26.2 Å². The van der Waals surface area contributed by atoms with Crippen molar-refractivity contribution in [2.75, 3.05) is 18.8 Å². The van der Waals surface area contributed by atoms with Gasteiger partial charge in [0.15, 0.2) is 0 Å². The van der Waals surface area contributed by atoms with Gasteiger partial charge in [0, 0.05) is 12.2 Å². The number of nitrogens with one attached hydrogen (secondary N) is 1. The summed E-state index contributed by atoms with van der Waals surface area (Å²) < 4.78 is 73.4. The van der Waals surface area contributed by atoms with Crippen molar-refractivity contribution in [2.45, 2.75) is 48.4 Å². The van der Waals surface area contributed by atoms with Gasteiger partial charge in [-0.2, -0.15) is 13.2 Å². The molecular weight excluding hydrogens is 575 g/mol. The van der Waals surface area contributed by atoms with Gasteiger partial charge in [0.2, 0.25) is 5.88 Å². The van der Waals surface area contributed by atoms with Crippen LogP contribution in [0.1, 0.15) is 36.3 Å². The summed E-state index contributed by atoms with van der Waals surface area (Å²) in [6, 6.07) is 7.96. The number of rotatable bonds is 7. The highest BCUT2D eigenvalue weighted by Gasteiger charge is 2.36. The molecule has 3 atom stereocenters. The lowest BCUT2D eigenvalue weighted by Gasteiger charge is -2.39. The maximum Gasteiger partial charge on any atom is 0.416 e. The van der Waals surface area contributed by atoms with Gasteiger partial charge in [0.25, 0.3) is 16.5 Å². The van der Waals surface area contributed by atoms with Crippen molar-refractivity contribution in [3.8, 4) is 5.88 Å². The Morgan fingerprint density at radius 1 is 1.18 bits per heavy atom. The normalized spacial score (nSPS) is 19.3. The second kappa shape index (κ2) is 13.2. The van der Waals surface area contributed by atoms with Gasteiger partial charge in [-0.15, -0.1) is 0 Å². The van der Waals surface area contributed by atoms with Crippen LogP contribution in [-0.4, -0.2) is 66.1 Å². The third kappa shape index (κ3) is 8.02. The summed E-state index contributed by atoms with van der Waals surface area (Å²) >= 11 is 6.34. The number of carboxylic acid groups (broad SMARTS) is 1. The second-order valence-corrected chi connectivity index (χ2v) is 11.2. The number of hydrogen-bond donors (Lipinski definition) is 2. The van der Waals surface area contributed by atoms with Crippen LogP contribution in [0.3, 0.4) is 0 Å². The van der Waals surface area contributed by atoms with Gasteiger partial charge >= 0.3 is 6.18 Å². The maximum absolute atomic E-state index is 13.2. The molecule has 0 radical (unpaired) electrons. The molecular formula is C25H27ClF3N5O5S. The number of nitrogens with zero attached hydrogens (tertiary/aromatic N) is 4. The molecule has 0 unspecified atom stereocenters. The monoisotopic (exact) mass is 601 g/mol. The highest BCUT2D eigenvalue weighted by Crippen LogP contribution is 2.39. The Morgan fingerprint density at radius 2 is 1.90 bits per heavy atom. The van der Waals surface area contributed by atoms with Crippen molar-refractivity contribution in [1.82, 2.24) is 19.9 Å². The molecule has 2 N–H and O–H groups in total. The fraction of sp³-hybridized carbons (Fsp3) is 0.360. The molecule has 1 fully saturated rings. The minimum atomic E-state index is -4.40. The lowest BCUT2D eigenvalue weighted by Crippen LogP contribution is -2.46. The summed E-state index contributed by atoms with van der Waals surface area (Å²) in [5, 5.41) is 6.91. The van der Waals surface area contributed by atoms with Crippen LogP contribution in [0, 0.1) is 0 Å². The van der Waals surface area contributed by atoms with Crippen LogP contribution in [0.5, 0.6) is 5.88 Å². The van der Waals surface area contributed by atoms with Crippen molar-refractivity contribution in [3.05, 3.63) is 71.3 Å². The van der Waals surface area contributed by atoms with E-state index in [2.05, 4.69) is 19.7 Å². The summed E-state index contributed by atoms with van der Waals surface area (Å²) in [7, 11) is -0.245. The SMILES string of the molecule is CN(C)[C@H]1C[C@@H](c2cccc(C(F)(F)F)c2)CC[C@@H]1Oc1ncc(S(=O)(=O)Nc2ccncn2)cc1Cl.O=CO. The number of sulfonamides is 1. The predicted molar refractivity (Wildman–Crippen MR) is 141 cm³/mol. The van der Waals surface area contributed by atoms with Gasteiger partial charge < -0.3 is 14.7 Å². The van der Waals surface area contributed by atoms with Crippen molar-refractivity contribution < 1.29 is 36.2 Å². The minimum Gasteiger partial charge on any atom is -0.483 e. The number of carbonyl (C=O) groups is 1. The molecule has 2 heterocycles. The Hall–Kier alpha value is -3.49. The molecule has 1 aliphatic carbocycles. The van der Waals surface area contributed by atoms with Gasteiger partial charge in [0.1, 0.15) is 28.2 Å². The number of alkyl halides is 3. The van der Waals surface area contributed by atoms with Crippen molar-refractivity contribution in [1.29, 1.82) is 0 Å². The maximum atomic E-state index is 13.2. The van der Waals surface area contributed by atoms with E-state index in [1.807, 2.05) is 19.0 Å². The number of ether oxygens (including phenoxy) is 1. The van der Waals surface area contributed by atoms with Crippen LogP contribution < -0.4 is 9.46 Å². The summed E-state index contributed by atoms with van der Waals surface area (Å²) in [6.45, 7) is -0.250. The number of halogens is 4. The highest BCUT2D eigenvalue weighted by atomic mass is 35.5. The van der Waals surface area contributed by atoms with Crippen molar-refractivity contribution in [2.24, 2.45) is 0 Å². The number of hydrogen-bond acceptors (Lipinski definition) is 8. The Balaban J connectivity index is 0.00000141. The zero-order valence-corrected chi connectivity index (χ0v) is 23.0. The standard InChI is InChI=1S/C24H25ClF3N5O3S.CH2O2/c1-33(2)20-11-16(15-4-3-5-17(10-15)24(26,27)28)6-7-21(20)36-23-19(25)12-18(13-30-23)37(34,35)32-22-8-9-29-14-31-22;2-1-3/h3-5,8-10,12-14,16,20-21H,6-7,11H2,1-2H3,(H,29,31,32);1H,(H,2,3)/t16-,20-,21-;/m0./s1. The Bertz CT molecular complexity index is 1400. The number of aromatic nitrogens is 3. The highest BCUT2D eigenvalue weighted by molar-refractivity contribution is 7.92. The van der Waals surface area contributed by atoms with E-state index in [0.29, 0.717) is 24.8 Å². The minimum absolute atomic E-state index is 0.0167. The second-order valence-electron chi connectivity index (χ2n) is 9.08. The number of pyridine rings is 1. The predicted octanol–water partition coefficient (Wildman–Crippen LogP) is 4.69. The molecule has 0 amide bonds. The Labute approximate surface area is 234 Å². The molecule has 0 aliphatic heterocycles. The third-order valence-corrected chi connectivity index (χ3v) is 7.87. The molecule has 216 valence electrons. The first-order valence-electron chi connectivity index (χ1n) is 11.9. The zero-order valence-electron chi connectivity index (χ0n) is 21.4.